The van der Waals surface area contributed by atoms with Crippen molar-refractivity contribution < 1.29 is 9.53 Å². The van der Waals surface area contributed by atoms with Crippen LogP contribution in [0, 0.1) is 0 Å². The van der Waals surface area contributed by atoms with Crippen molar-refractivity contribution in [3.8, 4) is 0 Å². The van der Waals surface area contributed by atoms with Crippen LogP contribution in [0.4, 0.5) is 0 Å². The Balaban J connectivity index is 2.50. The summed E-state index contributed by atoms with van der Waals surface area (Å²) in [5, 5.41) is 8.39. The Morgan fingerprint density at radius 3 is 2.70 bits per heavy atom. The van der Waals surface area contributed by atoms with Crippen LogP contribution in [-0.4, -0.2) is 29.4 Å². The molecule has 20 heavy (non-hydrogen) atoms. The molecule has 0 aliphatic carbocycles. The van der Waals surface area contributed by atoms with Crippen molar-refractivity contribution in [1.29, 1.82) is 0 Å². The summed E-state index contributed by atoms with van der Waals surface area (Å²) in [6.45, 7) is 2.53. The molecule has 6 nitrogen and oxygen atoms in total. The highest BCUT2D eigenvalue weighted by atomic mass is 16.5. The summed E-state index contributed by atoms with van der Waals surface area (Å²) in [6.07, 6.45) is 0. The molecule has 1 N–H and O–H groups in total. The molecular weight excluding hydrogens is 258 g/mol. The van der Waals surface area contributed by atoms with Gasteiger partial charge in [0.15, 0.2) is 0 Å². The van der Waals surface area contributed by atoms with E-state index in [-0.39, 0.29) is 11.5 Å². The summed E-state index contributed by atoms with van der Waals surface area (Å²) >= 11 is 0. The Morgan fingerprint density at radius 2 is 2.05 bits per heavy atom. The van der Waals surface area contributed by atoms with E-state index in [2.05, 4.69) is 10.4 Å². The lowest BCUT2D eigenvalue weighted by Gasteiger charge is -2.11. The zero-order chi connectivity index (χ0) is 14.5. The minimum atomic E-state index is -0.149. The zero-order valence-corrected chi connectivity index (χ0v) is 11.5. The molecule has 1 aromatic carbocycles. The van der Waals surface area contributed by atoms with E-state index in [1.54, 1.807) is 13.2 Å². The van der Waals surface area contributed by atoms with Crippen molar-refractivity contribution in [3.05, 3.63) is 40.3 Å². The third kappa shape index (κ3) is 3.03. The zero-order valence-electron chi connectivity index (χ0n) is 11.5. The van der Waals surface area contributed by atoms with E-state index < -0.39 is 0 Å². The molecule has 6 heteroatoms. The lowest BCUT2D eigenvalue weighted by molar-refractivity contribution is -0.119. The van der Waals surface area contributed by atoms with Gasteiger partial charge in [0.1, 0.15) is 0 Å². The van der Waals surface area contributed by atoms with E-state index in [1.807, 2.05) is 18.2 Å². The Hall–Kier alpha value is -2.21. The summed E-state index contributed by atoms with van der Waals surface area (Å²) in [7, 11) is 1.57. The quantitative estimate of drug-likeness (QED) is 0.871. The topological polar surface area (TPSA) is 73.2 Å². The fourth-order valence-corrected chi connectivity index (χ4v) is 1.97. The molecule has 2 rings (SSSR count). The van der Waals surface area contributed by atoms with Crippen LogP contribution in [0.5, 0.6) is 0 Å². The van der Waals surface area contributed by atoms with Crippen molar-refractivity contribution in [3.63, 3.8) is 0 Å². The molecule has 0 aliphatic heterocycles. The fraction of sp³-hybridized carbons (Fsp3) is 0.357. The SMILES string of the molecule is COCCn1nc(CNC(C)=O)c2ccccc2c1=O. The molecule has 0 saturated carbocycles. The molecule has 0 saturated heterocycles. The first-order valence-corrected chi connectivity index (χ1v) is 6.35. The van der Waals surface area contributed by atoms with Gasteiger partial charge >= 0.3 is 0 Å². The summed E-state index contributed by atoms with van der Waals surface area (Å²) in [5.74, 6) is -0.134. The van der Waals surface area contributed by atoms with Gasteiger partial charge in [0.25, 0.3) is 5.56 Å². The Morgan fingerprint density at radius 1 is 1.35 bits per heavy atom. The number of hydrogen-bond donors (Lipinski definition) is 1. The van der Waals surface area contributed by atoms with Crippen LogP contribution in [0.3, 0.4) is 0 Å². The molecule has 1 heterocycles. The number of carbonyl (C=O) groups excluding carboxylic acids is 1. The van der Waals surface area contributed by atoms with Gasteiger partial charge in [-0.05, 0) is 6.07 Å². The number of rotatable bonds is 5. The lowest BCUT2D eigenvalue weighted by atomic mass is 10.1. The summed E-state index contributed by atoms with van der Waals surface area (Å²) in [6, 6.07) is 7.26. The smallest absolute Gasteiger partial charge is 0.274 e. The number of nitrogens with zero attached hydrogens (tertiary/aromatic N) is 2. The number of ether oxygens (including phenoxy) is 1. The van der Waals surface area contributed by atoms with Gasteiger partial charge in [-0.15, -0.1) is 0 Å². The normalized spacial score (nSPS) is 10.7. The predicted octanol–water partition coefficient (Wildman–Crippen LogP) is 0.679. The lowest BCUT2D eigenvalue weighted by Crippen LogP contribution is -2.28. The van der Waals surface area contributed by atoms with E-state index in [4.69, 9.17) is 4.74 Å². The van der Waals surface area contributed by atoms with Gasteiger partial charge in [-0.3, -0.25) is 9.59 Å². The number of nitrogens with one attached hydrogen (secondary N) is 1. The average molecular weight is 275 g/mol. The monoisotopic (exact) mass is 275 g/mol. The number of methoxy groups -OCH3 is 1. The average Bonchev–Trinajstić information content (AvgIpc) is 2.45. The first kappa shape index (κ1) is 14.2. The van der Waals surface area contributed by atoms with Gasteiger partial charge in [-0.1, -0.05) is 18.2 Å². The van der Waals surface area contributed by atoms with Crippen LogP contribution in [0.2, 0.25) is 0 Å². The maximum absolute atomic E-state index is 12.3. The number of amides is 1. The van der Waals surface area contributed by atoms with Gasteiger partial charge in [0.05, 0.1) is 30.8 Å². The summed E-state index contributed by atoms with van der Waals surface area (Å²) < 4.78 is 6.36. The molecule has 0 radical (unpaired) electrons. The minimum Gasteiger partial charge on any atom is -0.383 e. The van der Waals surface area contributed by atoms with Gasteiger partial charge in [0.2, 0.25) is 5.91 Å². The molecule has 2 aromatic rings. The Labute approximate surface area is 116 Å². The second-order valence-corrected chi connectivity index (χ2v) is 4.42. The molecular formula is C14H17N3O3. The van der Waals surface area contributed by atoms with Gasteiger partial charge in [-0.2, -0.15) is 5.10 Å². The van der Waals surface area contributed by atoms with Crippen LogP contribution in [0.15, 0.2) is 29.1 Å². The van der Waals surface area contributed by atoms with Crippen molar-refractivity contribution in [1.82, 2.24) is 15.1 Å². The van der Waals surface area contributed by atoms with Crippen LogP contribution in [0.25, 0.3) is 10.8 Å². The molecule has 0 fully saturated rings. The molecule has 0 atom stereocenters. The highest BCUT2D eigenvalue weighted by molar-refractivity contribution is 5.84. The van der Waals surface area contributed by atoms with Crippen molar-refractivity contribution in [2.75, 3.05) is 13.7 Å². The Kier molecular flexibility index (Phi) is 4.47. The predicted molar refractivity (Wildman–Crippen MR) is 75.4 cm³/mol. The third-order valence-electron chi connectivity index (χ3n) is 2.96. The first-order valence-electron chi connectivity index (χ1n) is 6.35. The summed E-state index contributed by atoms with van der Waals surface area (Å²) in [5.41, 5.74) is 0.524. The fourth-order valence-electron chi connectivity index (χ4n) is 1.97. The van der Waals surface area contributed by atoms with Crippen LogP contribution in [-0.2, 0) is 22.6 Å². The molecule has 0 bridgehead atoms. The summed E-state index contributed by atoms with van der Waals surface area (Å²) in [4.78, 5) is 23.3. The minimum absolute atomic E-state index is 0.134. The van der Waals surface area contributed by atoms with Gasteiger partial charge in [0, 0.05) is 19.4 Å². The highest BCUT2D eigenvalue weighted by Gasteiger charge is 2.10. The van der Waals surface area contributed by atoms with Crippen LogP contribution >= 0.6 is 0 Å². The van der Waals surface area contributed by atoms with E-state index in [9.17, 15) is 9.59 Å². The second kappa shape index (κ2) is 6.29. The third-order valence-corrected chi connectivity index (χ3v) is 2.96. The Bertz CT molecular complexity index is 679. The number of aromatic nitrogens is 2. The number of fused-ring (bicyclic) bond motifs is 1. The van der Waals surface area contributed by atoms with E-state index >= 15 is 0 Å². The van der Waals surface area contributed by atoms with Gasteiger partial charge < -0.3 is 10.1 Å². The molecule has 0 spiro atoms. The number of benzene rings is 1. The van der Waals surface area contributed by atoms with Crippen LogP contribution < -0.4 is 10.9 Å². The molecule has 0 aliphatic rings. The van der Waals surface area contributed by atoms with Gasteiger partial charge in [-0.25, -0.2) is 4.68 Å². The molecule has 1 amide bonds. The standard InChI is InChI=1S/C14H17N3O3/c1-10(18)15-9-13-11-5-3-4-6-12(11)14(19)17(16-13)7-8-20-2/h3-6H,7-9H2,1-2H3,(H,15,18). The first-order chi connectivity index (χ1) is 9.63. The van der Waals surface area contributed by atoms with Crippen molar-refractivity contribution in [2.24, 2.45) is 0 Å². The highest BCUT2D eigenvalue weighted by Crippen LogP contribution is 2.12. The number of hydrogen-bond acceptors (Lipinski definition) is 4. The van der Waals surface area contributed by atoms with Crippen molar-refractivity contribution >= 4 is 16.7 Å². The molecule has 106 valence electrons. The molecule has 0 unspecified atom stereocenters. The van der Waals surface area contributed by atoms with Crippen molar-refractivity contribution in [2.45, 2.75) is 20.0 Å². The maximum Gasteiger partial charge on any atom is 0.274 e. The van der Waals surface area contributed by atoms with E-state index in [1.165, 1.54) is 11.6 Å². The van der Waals surface area contributed by atoms with Crippen LogP contribution in [0.1, 0.15) is 12.6 Å². The van der Waals surface area contributed by atoms with E-state index in [0.29, 0.717) is 30.8 Å². The number of carbonyl (C=O) groups is 1. The maximum atomic E-state index is 12.3. The van der Waals surface area contributed by atoms with E-state index in [0.717, 1.165) is 5.39 Å². The largest absolute Gasteiger partial charge is 0.383 e. The second-order valence-electron chi connectivity index (χ2n) is 4.42. The molecule has 1 aromatic heterocycles.